The SMILES string of the molecule is CC(=O)Nc1ccc(-c2ccc([C@H](N(CC#N)C(=O)[C@@H](N)CC(C)C)C(F)(F)F)cc2)c(C)c1. The first-order valence-corrected chi connectivity index (χ1v) is 10.8. The van der Waals surface area contributed by atoms with Gasteiger partial charge in [0.1, 0.15) is 6.54 Å². The van der Waals surface area contributed by atoms with E-state index in [1.807, 2.05) is 20.8 Å². The Labute approximate surface area is 197 Å². The van der Waals surface area contributed by atoms with Crippen LogP contribution in [-0.4, -0.2) is 35.5 Å². The van der Waals surface area contributed by atoms with E-state index in [2.05, 4.69) is 5.32 Å². The third-order valence-corrected chi connectivity index (χ3v) is 5.27. The Balaban J connectivity index is 2.42. The van der Waals surface area contributed by atoms with Crippen LogP contribution in [0.5, 0.6) is 0 Å². The van der Waals surface area contributed by atoms with Crippen molar-refractivity contribution < 1.29 is 22.8 Å². The van der Waals surface area contributed by atoms with Gasteiger partial charge in [-0.05, 0) is 53.6 Å². The van der Waals surface area contributed by atoms with Gasteiger partial charge in [-0.1, -0.05) is 44.2 Å². The van der Waals surface area contributed by atoms with E-state index in [1.165, 1.54) is 31.2 Å². The molecule has 9 heteroatoms. The van der Waals surface area contributed by atoms with Crippen LogP contribution in [0.4, 0.5) is 18.9 Å². The van der Waals surface area contributed by atoms with Crippen LogP contribution in [0.3, 0.4) is 0 Å². The van der Waals surface area contributed by atoms with Gasteiger partial charge in [0.15, 0.2) is 6.04 Å². The minimum Gasteiger partial charge on any atom is -0.326 e. The van der Waals surface area contributed by atoms with Gasteiger partial charge in [0.2, 0.25) is 11.8 Å². The maximum Gasteiger partial charge on any atom is 0.413 e. The van der Waals surface area contributed by atoms with Gasteiger partial charge in [-0.3, -0.25) is 9.59 Å². The molecule has 0 fully saturated rings. The fraction of sp³-hybridized carbons (Fsp3) is 0.400. The van der Waals surface area contributed by atoms with Crippen molar-refractivity contribution in [2.45, 2.75) is 52.4 Å². The summed E-state index contributed by atoms with van der Waals surface area (Å²) >= 11 is 0. The zero-order chi connectivity index (χ0) is 25.6. The van der Waals surface area contributed by atoms with Crippen LogP contribution >= 0.6 is 0 Å². The summed E-state index contributed by atoms with van der Waals surface area (Å²) in [4.78, 5) is 24.5. The number of carbonyl (C=O) groups is 2. The van der Waals surface area contributed by atoms with Gasteiger partial charge in [-0.25, -0.2) is 0 Å². The molecule has 2 amide bonds. The number of carbonyl (C=O) groups excluding carboxylic acids is 2. The first-order valence-electron chi connectivity index (χ1n) is 10.8. The van der Waals surface area contributed by atoms with Crippen LogP contribution in [0.25, 0.3) is 11.1 Å². The number of amides is 2. The highest BCUT2D eigenvalue weighted by Gasteiger charge is 2.47. The molecular weight excluding hydrogens is 445 g/mol. The van der Waals surface area contributed by atoms with Crippen molar-refractivity contribution >= 4 is 17.5 Å². The number of hydrogen-bond donors (Lipinski definition) is 2. The highest BCUT2D eigenvalue weighted by Crippen LogP contribution is 2.39. The van der Waals surface area contributed by atoms with Crippen molar-refractivity contribution in [2.75, 3.05) is 11.9 Å². The molecule has 0 aliphatic carbocycles. The third-order valence-electron chi connectivity index (χ3n) is 5.27. The molecule has 0 unspecified atom stereocenters. The second-order valence-corrected chi connectivity index (χ2v) is 8.64. The van der Waals surface area contributed by atoms with E-state index in [0.717, 1.165) is 11.1 Å². The molecule has 3 N–H and O–H groups in total. The monoisotopic (exact) mass is 474 g/mol. The molecule has 2 rings (SSSR count). The average molecular weight is 475 g/mol. The molecule has 2 aromatic carbocycles. The van der Waals surface area contributed by atoms with Crippen molar-refractivity contribution in [1.82, 2.24) is 4.90 Å². The number of nitriles is 1. The first kappa shape index (κ1) is 26.9. The minimum absolute atomic E-state index is 0.00628. The molecule has 6 nitrogen and oxygen atoms in total. The number of nitrogens with one attached hydrogen (secondary N) is 1. The van der Waals surface area contributed by atoms with Crippen molar-refractivity contribution in [1.29, 1.82) is 5.26 Å². The number of nitrogens with two attached hydrogens (primary N) is 1. The average Bonchev–Trinajstić information content (AvgIpc) is 2.72. The summed E-state index contributed by atoms with van der Waals surface area (Å²) in [5.74, 6) is -1.11. The van der Waals surface area contributed by atoms with Gasteiger partial charge in [-0.15, -0.1) is 0 Å². The third kappa shape index (κ3) is 6.81. The fourth-order valence-corrected chi connectivity index (χ4v) is 3.85. The summed E-state index contributed by atoms with van der Waals surface area (Å²) in [7, 11) is 0. The van der Waals surface area contributed by atoms with E-state index in [9.17, 15) is 22.8 Å². The predicted molar refractivity (Wildman–Crippen MR) is 124 cm³/mol. The molecule has 34 heavy (non-hydrogen) atoms. The van der Waals surface area contributed by atoms with Crippen LogP contribution in [0, 0.1) is 24.2 Å². The number of hydrogen-bond acceptors (Lipinski definition) is 4. The molecule has 182 valence electrons. The Kier molecular flexibility index (Phi) is 8.82. The number of benzene rings is 2. The molecule has 0 radical (unpaired) electrons. The molecule has 0 aliphatic rings. The summed E-state index contributed by atoms with van der Waals surface area (Å²) in [5.41, 5.74) is 8.61. The Morgan fingerprint density at radius 1 is 1.15 bits per heavy atom. The zero-order valence-corrected chi connectivity index (χ0v) is 19.6. The number of anilines is 1. The van der Waals surface area contributed by atoms with Gasteiger partial charge < -0.3 is 16.0 Å². The summed E-state index contributed by atoms with van der Waals surface area (Å²) in [6, 6.07) is 9.17. The Bertz CT molecular complexity index is 1060. The minimum atomic E-state index is -4.80. The number of alkyl halides is 3. The number of nitrogens with zero attached hydrogens (tertiary/aromatic N) is 2. The molecule has 0 saturated carbocycles. The van der Waals surface area contributed by atoms with E-state index >= 15 is 0 Å². The van der Waals surface area contributed by atoms with Crippen molar-refractivity contribution in [3.63, 3.8) is 0 Å². The van der Waals surface area contributed by atoms with E-state index < -0.39 is 30.7 Å². The Morgan fingerprint density at radius 2 is 1.76 bits per heavy atom. The maximum atomic E-state index is 14.1. The largest absolute Gasteiger partial charge is 0.413 e. The molecule has 2 aromatic rings. The predicted octanol–water partition coefficient (Wildman–Crippen LogP) is 4.95. The zero-order valence-electron chi connectivity index (χ0n) is 19.6. The summed E-state index contributed by atoms with van der Waals surface area (Å²) in [6.45, 7) is 6.12. The van der Waals surface area contributed by atoms with Gasteiger partial charge in [-0.2, -0.15) is 18.4 Å². The molecule has 0 saturated heterocycles. The molecule has 0 bridgehead atoms. The second kappa shape index (κ2) is 11.2. The fourth-order valence-electron chi connectivity index (χ4n) is 3.85. The lowest BCUT2D eigenvalue weighted by Crippen LogP contribution is -2.49. The van der Waals surface area contributed by atoms with Crippen molar-refractivity contribution in [3.05, 3.63) is 53.6 Å². The summed E-state index contributed by atoms with van der Waals surface area (Å²) in [5, 5.41) is 11.8. The second-order valence-electron chi connectivity index (χ2n) is 8.64. The normalized spacial score (nSPS) is 13.2. The van der Waals surface area contributed by atoms with Crippen LogP contribution in [0.1, 0.15) is 44.4 Å². The summed E-state index contributed by atoms with van der Waals surface area (Å²) < 4.78 is 42.4. The molecule has 0 aromatic heterocycles. The van der Waals surface area contributed by atoms with Crippen LogP contribution in [-0.2, 0) is 9.59 Å². The highest BCUT2D eigenvalue weighted by molar-refractivity contribution is 5.89. The van der Waals surface area contributed by atoms with Crippen LogP contribution in [0.2, 0.25) is 0 Å². The number of aryl methyl sites for hydroxylation is 1. The molecule has 0 spiro atoms. The Hall–Kier alpha value is -3.38. The number of rotatable bonds is 8. The van der Waals surface area contributed by atoms with Gasteiger partial charge >= 0.3 is 6.18 Å². The molecule has 0 aliphatic heterocycles. The van der Waals surface area contributed by atoms with E-state index in [1.54, 1.807) is 24.3 Å². The quantitative estimate of drug-likeness (QED) is 0.529. The topological polar surface area (TPSA) is 99.2 Å². The lowest BCUT2D eigenvalue weighted by Gasteiger charge is -2.33. The molecule has 0 heterocycles. The van der Waals surface area contributed by atoms with Crippen molar-refractivity contribution in [3.8, 4) is 17.2 Å². The standard InChI is InChI=1S/C25H29F3N4O2/c1-15(2)13-22(30)24(34)32(12-11-29)23(25(26,27)28)19-7-5-18(6-8-19)21-10-9-20(14-16(21)3)31-17(4)33/h5-10,14-15,22-23H,12-13,30H2,1-4H3,(H,31,33)/t22-,23-/m0/s1. The van der Waals surface area contributed by atoms with E-state index in [4.69, 9.17) is 11.0 Å². The first-order chi connectivity index (χ1) is 15.8. The van der Waals surface area contributed by atoms with Gasteiger partial charge in [0.05, 0.1) is 12.1 Å². The molecular formula is C25H29F3N4O2. The highest BCUT2D eigenvalue weighted by atomic mass is 19.4. The summed E-state index contributed by atoms with van der Waals surface area (Å²) in [6.07, 6.45) is -4.60. The number of halogens is 3. The van der Waals surface area contributed by atoms with Crippen LogP contribution in [0.15, 0.2) is 42.5 Å². The van der Waals surface area contributed by atoms with E-state index in [0.29, 0.717) is 16.2 Å². The maximum absolute atomic E-state index is 14.1. The molecule has 2 atom stereocenters. The van der Waals surface area contributed by atoms with Gasteiger partial charge in [0.25, 0.3) is 0 Å². The van der Waals surface area contributed by atoms with E-state index in [-0.39, 0.29) is 23.8 Å². The van der Waals surface area contributed by atoms with Crippen LogP contribution < -0.4 is 11.1 Å². The lowest BCUT2D eigenvalue weighted by atomic mass is 9.96. The van der Waals surface area contributed by atoms with Gasteiger partial charge in [0, 0.05) is 12.6 Å². The Morgan fingerprint density at radius 3 is 2.24 bits per heavy atom. The smallest absolute Gasteiger partial charge is 0.326 e. The lowest BCUT2D eigenvalue weighted by molar-refractivity contribution is -0.191. The van der Waals surface area contributed by atoms with Crippen molar-refractivity contribution in [2.24, 2.45) is 11.7 Å².